The number of nitrogens with one attached hydrogen (secondary N) is 1. The van der Waals surface area contributed by atoms with Crippen LogP contribution in [0.25, 0.3) is 0 Å². The highest BCUT2D eigenvalue weighted by atomic mass is 32.2. The molecule has 1 fully saturated rings. The first kappa shape index (κ1) is 14.3. The van der Waals surface area contributed by atoms with Gasteiger partial charge in [-0.2, -0.15) is 11.8 Å². The zero-order valence-electron chi connectivity index (χ0n) is 10.2. The van der Waals surface area contributed by atoms with Gasteiger partial charge in [0.2, 0.25) is 0 Å². The first-order chi connectivity index (χ1) is 7.53. The van der Waals surface area contributed by atoms with E-state index in [0.717, 1.165) is 13.0 Å². The Kier molecular flexibility index (Phi) is 6.15. The SMILES string of the molecule is CSC1CCCCC1NCCCS(C)(=O)=O. The van der Waals surface area contributed by atoms with Crippen molar-refractivity contribution in [3.8, 4) is 0 Å². The Bertz CT molecular complexity index is 290. The lowest BCUT2D eigenvalue weighted by Crippen LogP contribution is -2.41. The predicted molar refractivity (Wildman–Crippen MR) is 71.9 cm³/mol. The van der Waals surface area contributed by atoms with Crippen LogP contribution in [-0.4, -0.2) is 44.5 Å². The molecule has 0 bridgehead atoms. The highest BCUT2D eigenvalue weighted by Gasteiger charge is 2.23. The summed E-state index contributed by atoms with van der Waals surface area (Å²) in [5, 5.41) is 4.22. The van der Waals surface area contributed by atoms with Crippen LogP contribution in [0.15, 0.2) is 0 Å². The summed E-state index contributed by atoms with van der Waals surface area (Å²) in [5.74, 6) is 0.302. The van der Waals surface area contributed by atoms with Gasteiger partial charge in [-0.15, -0.1) is 0 Å². The van der Waals surface area contributed by atoms with Crippen molar-refractivity contribution in [2.45, 2.75) is 43.4 Å². The molecule has 0 aromatic heterocycles. The highest BCUT2D eigenvalue weighted by Crippen LogP contribution is 2.26. The molecule has 1 aliphatic rings. The van der Waals surface area contributed by atoms with Gasteiger partial charge >= 0.3 is 0 Å². The quantitative estimate of drug-likeness (QED) is 0.742. The van der Waals surface area contributed by atoms with Gasteiger partial charge in [-0.05, 0) is 32.1 Å². The normalized spacial score (nSPS) is 26.9. The molecule has 3 nitrogen and oxygen atoms in total. The molecule has 5 heteroatoms. The Labute approximate surface area is 104 Å². The van der Waals surface area contributed by atoms with Gasteiger partial charge in [0, 0.05) is 17.5 Å². The van der Waals surface area contributed by atoms with Gasteiger partial charge in [-0.25, -0.2) is 8.42 Å². The van der Waals surface area contributed by atoms with Crippen LogP contribution >= 0.6 is 11.8 Å². The summed E-state index contributed by atoms with van der Waals surface area (Å²) in [6, 6.07) is 0.586. The van der Waals surface area contributed by atoms with Gasteiger partial charge in [-0.3, -0.25) is 0 Å². The molecule has 16 heavy (non-hydrogen) atoms. The fourth-order valence-corrected chi connectivity index (χ4v) is 3.87. The van der Waals surface area contributed by atoms with Crippen LogP contribution in [0.1, 0.15) is 32.1 Å². The molecule has 96 valence electrons. The Balaban J connectivity index is 2.20. The molecule has 0 aliphatic heterocycles. The third-order valence-corrected chi connectivity index (χ3v) is 5.30. The maximum atomic E-state index is 11.0. The van der Waals surface area contributed by atoms with Crippen molar-refractivity contribution < 1.29 is 8.42 Å². The van der Waals surface area contributed by atoms with Crippen LogP contribution in [0.5, 0.6) is 0 Å². The standard InChI is InChI=1S/C11H23NO2S2/c1-15-11-7-4-3-6-10(11)12-8-5-9-16(2,13)14/h10-12H,3-9H2,1-2H3. The smallest absolute Gasteiger partial charge is 0.147 e. The van der Waals surface area contributed by atoms with Gasteiger partial charge in [0.05, 0.1) is 5.75 Å². The Morgan fingerprint density at radius 2 is 2.00 bits per heavy atom. The van der Waals surface area contributed by atoms with E-state index in [2.05, 4.69) is 11.6 Å². The van der Waals surface area contributed by atoms with Crippen molar-refractivity contribution in [3.63, 3.8) is 0 Å². The van der Waals surface area contributed by atoms with Crippen LogP contribution in [-0.2, 0) is 9.84 Å². The first-order valence-corrected chi connectivity index (χ1v) is 9.31. The van der Waals surface area contributed by atoms with Crippen molar-refractivity contribution in [1.29, 1.82) is 0 Å². The average molecular weight is 265 g/mol. The van der Waals surface area contributed by atoms with Crippen LogP contribution in [0.2, 0.25) is 0 Å². The maximum Gasteiger partial charge on any atom is 0.147 e. The Hall–Kier alpha value is 0.260. The monoisotopic (exact) mass is 265 g/mol. The summed E-state index contributed by atoms with van der Waals surface area (Å²) >= 11 is 1.94. The molecule has 0 heterocycles. The molecule has 0 radical (unpaired) electrons. The molecule has 0 spiro atoms. The van der Waals surface area contributed by atoms with Crippen molar-refractivity contribution in [1.82, 2.24) is 5.32 Å². The molecule has 0 aromatic rings. The maximum absolute atomic E-state index is 11.0. The molecular formula is C11H23NO2S2. The first-order valence-electron chi connectivity index (χ1n) is 5.97. The van der Waals surface area contributed by atoms with E-state index in [9.17, 15) is 8.42 Å². The molecule has 1 saturated carbocycles. The second-order valence-corrected chi connectivity index (χ2v) is 7.94. The third-order valence-electron chi connectivity index (χ3n) is 3.10. The summed E-state index contributed by atoms with van der Waals surface area (Å²) in [5.41, 5.74) is 0. The van der Waals surface area contributed by atoms with E-state index in [1.165, 1.54) is 31.9 Å². The minimum Gasteiger partial charge on any atom is -0.313 e. The summed E-state index contributed by atoms with van der Waals surface area (Å²) in [6.45, 7) is 0.828. The molecule has 1 aliphatic carbocycles. The lowest BCUT2D eigenvalue weighted by atomic mass is 9.95. The molecule has 2 unspecified atom stereocenters. The molecule has 0 saturated heterocycles. The van der Waals surface area contributed by atoms with E-state index >= 15 is 0 Å². The van der Waals surface area contributed by atoms with Crippen molar-refractivity contribution in [2.24, 2.45) is 0 Å². The second kappa shape index (κ2) is 6.87. The fourth-order valence-electron chi connectivity index (χ4n) is 2.23. The van der Waals surface area contributed by atoms with Crippen molar-refractivity contribution in [3.05, 3.63) is 0 Å². The number of thioether (sulfide) groups is 1. The molecule has 1 N–H and O–H groups in total. The zero-order chi connectivity index (χ0) is 12.0. The summed E-state index contributed by atoms with van der Waals surface area (Å²) in [6.07, 6.45) is 9.39. The van der Waals surface area contributed by atoms with E-state index in [1.54, 1.807) is 0 Å². The summed E-state index contributed by atoms with van der Waals surface area (Å²) in [7, 11) is -2.79. The average Bonchev–Trinajstić information content (AvgIpc) is 2.23. The molecular weight excluding hydrogens is 242 g/mol. The fraction of sp³-hybridized carbons (Fsp3) is 1.00. The van der Waals surface area contributed by atoms with E-state index < -0.39 is 9.84 Å². The number of hydrogen-bond acceptors (Lipinski definition) is 4. The summed E-state index contributed by atoms with van der Waals surface area (Å²) in [4.78, 5) is 0. The van der Waals surface area contributed by atoms with Gasteiger partial charge in [-0.1, -0.05) is 12.8 Å². The van der Waals surface area contributed by atoms with E-state index in [4.69, 9.17) is 0 Å². The Morgan fingerprint density at radius 3 is 2.62 bits per heavy atom. The van der Waals surface area contributed by atoms with Crippen LogP contribution in [0, 0.1) is 0 Å². The van der Waals surface area contributed by atoms with E-state index in [-0.39, 0.29) is 0 Å². The van der Waals surface area contributed by atoms with Crippen LogP contribution in [0.4, 0.5) is 0 Å². The van der Waals surface area contributed by atoms with E-state index in [1.807, 2.05) is 11.8 Å². The Morgan fingerprint density at radius 1 is 1.31 bits per heavy atom. The minimum absolute atomic E-state index is 0.302. The van der Waals surface area contributed by atoms with Crippen molar-refractivity contribution in [2.75, 3.05) is 24.8 Å². The largest absolute Gasteiger partial charge is 0.313 e. The zero-order valence-corrected chi connectivity index (χ0v) is 11.9. The molecule has 1 rings (SSSR count). The van der Waals surface area contributed by atoms with Gasteiger partial charge in [0.1, 0.15) is 9.84 Å². The number of hydrogen-bond donors (Lipinski definition) is 1. The van der Waals surface area contributed by atoms with Crippen LogP contribution in [0.3, 0.4) is 0 Å². The van der Waals surface area contributed by atoms with Gasteiger partial charge < -0.3 is 5.32 Å². The molecule has 2 atom stereocenters. The van der Waals surface area contributed by atoms with Gasteiger partial charge in [0.25, 0.3) is 0 Å². The number of sulfone groups is 1. The predicted octanol–water partition coefficient (Wildman–Crippen LogP) is 1.68. The molecule has 0 aromatic carbocycles. The second-order valence-electron chi connectivity index (χ2n) is 4.60. The molecule has 0 amide bonds. The van der Waals surface area contributed by atoms with Gasteiger partial charge in [0.15, 0.2) is 0 Å². The minimum atomic E-state index is -2.79. The topological polar surface area (TPSA) is 46.2 Å². The lowest BCUT2D eigenvalue weighted by molar-refractivity contribution is 0.385. The van der Waals surface area contributed by atoms with E-state index in [0.29, 0.717) is 17.0 Å². The van der Waals surface area contributed by atoms with Crippen molar-refractivity contribution >= 4 is 21.6 Å². The third kappa shape index (κ3) is 5.55. The van der Waals surface area contributed by atoms with Crippen LogP contribution < -0.4 is 5.32 Å². The summed E-state index contributed by atoms with van der Waals surface area (Å²) < 4.78 is 21.9. The lowest BCUT2D eigenvalue weighted by Gasteiger charge is -2.31. The number of rotatable bonds is 6. The highest BCUT2D eigenvalue weighted by molar-refractivity contribution is 7.99.